The first kappa shape index (κ1) is 85.1. The fourth-order valence-electron chi connectivity index (χ4n) is 12.6. The Hall–Kier alpha value is -1.92. The predicted octanol–water partition coefficient (Wildman–Crippen LogP) is 26.2. The Morgan fingerprint density at radius 1 is 0.322 bits per heavy atom. The molecule has 0 saturated heterocycles. The standard InChI is InChI=1S/C81H155NO5/c1-3-5-7-9-11-13-15-17-19-21-22-38-42-45-49-53-57-61-65-69-73-79(84)78(77-83)82-80(85)74-70-66-62-58-54-50-46-43-39-36-34-32-30-28-26-24-23-25-27-29-31-33-35-37-40-44-48-52-56-60-64-68-72-76-87-81(86)75-71-67-63-59-55-51-47-41-20-18-16-14-12-10-8-6-4-2/h12,14,18,20,27,29,78-79,83-84H,3-11,13,15-17,19,21-26,28,30-77H2,1-2H3,(H,82,85)/b14-12-,20-18-,29-27-. The molecule has 0 aliphatic heterocycles. The first-order valence-electron chi connectivity index (χ1n) is 39.7. The molecule has 3 N–H and O–H groups in total. The Balaban J connectivity index is 3.35. The molecule has 87 heavy (non-hydrogen) atoms. The molecular weight excluding hydrogens is 1070 g/mol. The molecule has 0 saturated carbocycles. The first-order valence-corrected chi connectivity index (χ1v) is 39.7. The van der Waals surface area contributed by atoms with E-state index in [2.05, 4.69) is 55.6 Å². The molecule has 0 spiro atoms. The number of rotatable bonds is 75. The Morgan fingerprint density at radius 2 is 0.575 bits per heavy atom. The number of unbranched alkanes of at least 4 members (excludes halogenated alkanes) is 58. The lowest BCUT2D eigenvalue weighted by molar-refractivity contribution is -0.143. The number of carbonyl (C=O) groups is 2. The highest BCUT2D eigenvalue weighted by Gasteiger charge is 2.20. The summed E-state index contributed by atoms with van der Waals surface area (Å²) in [5.74, 6) is -0.0155. The highest BCUT2D eigenvalue weighted by molar-refractivity contribution is 5.76. The maximum absolute atomic E-state index is 12.6. The molecule has 0 fully saturated rings. The Morgan fingerprint density at radius 3 is 0.908 bits per heavy atom. The lowest BCUT2D eigenvalue weighted by atomic mass is 10.0. The molecule has 1 amide bonds. The van der Waals surface area contributed by atoms with Gasteiger partial charge in [0.05, 0.1) is 25.4 Å². The van der Waals surface area contributed by atoms with Crippen molar-refractivity contribution in [3.8, 4) is 0 Å². The summed E-state index contributed by atoms with van der Waals surface area (Å²) in [7, 11) is 0. The molecule has 0 aliphatic carbocycles. The van der Waals surface area contributed by atoms with E-state index >= 15 is 0 Å². The second-order valence-electron chi connectivity index (χ2n) is 27.4. The van der Waals surface area contributed by atoms with Gasteiger partial charge in [-0.2, -0.15) is 0 Å². The van der Waals surface area contributed by atoms with Gasteiger partial charge < -0.3 is 20.3 Å². The molecule has 0 aromatic carbocycles. The van der Waals surface area contributed by atoms with Gasteiger partial charge in [0.2, 0.25) is 5.91 Å². The molecule has 514 valence electrons. The van der Waals surface area contributed by atoms with Crippen LogP contribution in [0.2, 0.25) is 0 Å². The van der Waals surface area contributed by atoms with Crippen LogP contribution >= 0.6 is 0 Å². The number of aliphatic hydroxyl groups excluding tert-OH is 2. The highest BCUT2D eigenvalue weighted by atomic mass is 16.5. The van der Waals surface area contributed by atoms with E-state index in [0.717, 1.165) is 51.4 Å². The molecule has 6 heteroatoms. The average molecular weight is 1220 g/mol. The highest BCUT2D eigenvalue weighted by Crippen LogP contribution is 2.20. The van der Waals surface area contributed by atoms with Gasteiger partial charge in [0, 0.05) is 12.8 Å². The lowest BCUT2D eigenvalue weighted by Crippen LogP contribution is -2.45. The summed E-state index contributed by atoms with van der Waals surface area (Å²) in [6.07, 6.45) is 99.5. The molecule has 2 unspecified atom stereocenters. The van der Waals surface area contributed by atoms with Crippen molar-refractivity contribution < 1.29 is 24.5 Å². The van der Waals surface area contributed by atoms with Crippen molar-refractivity contribution >= 4 is 11.9 Å². The van der Waals surface area contributed by atoms with Gasteiger partial charge in [-0.05, 0) is 83.5 Å². The van der Waals surface area contributed by atoms with Crippen LogP contribution in [0.25, 0.3) is 0 Å². The predicted molar refractivity (Wildman–Crippen MR) is 384 cm³/mol. The summed E-state index contributed by atoms with van der Waals surface area (Å²) in [6.45, 7) is 4.97. The SMILES string of the molecule is CCCCC/C=C\C/C=C\CCCCCCCCCC(=O)OCCCCCCCCCCCCCC/C=C\CCCCCCCCCCCCCCCCCCCC(=O)NC(CO)C(O)CCCCCCCCCCCCCCCCCCCCCC. The van der Waals surface area contributed by atoms with Gasteiger partial charge in [-0.25, -0.2) is 0 Å². The van der Waals surface area contributed by atoms with Crippen LogP contribution in [0.1, 0.15) is 444 Å². The molecule has 0 aliphatic rings. The third kappa shape index (κ3) is 73.0. The van der Waals surface area contributed by atoms with Crippen LogP contribution in [-0.2, 0) is 14.3 Å². The van der Waals surface area contributed by atoms with Crippen molar-refractivity contribution in [3.63, 3.8) is 0 Å². The Kier molecular flexibility index (Phi) is 74.8. The second kappa shape index (κ2) is 76.5. The molecule has 0 aromatic rings. The molecule has 6 nitrogen and oxygen atoms in total. The number of amides is 1. The third-order valence-electron chi connectivity index (χ3n) is 18.7. The van der Waals surface area contributed by atoms with E-state index in [4.69, 9.17) is 4.74 Å². The van der Waals surface area contributed by atoms with Crippen LogP contribution in [0.5, 0.6) is 0 Å². The summed E-state index contributed by atoms with van der Waals surface area (Å²) >= 11 is 0. The van der Waals surface area contributed by atoms with Gasteiger partial charge in [0.15, 0.2) is 0 Å². The van der Waals surface area contributed by atoms with Gasteiger partial charge in [0.25, 0.3) is 0 Å². The second-order valence-corrected chi connectivity index (χ2v) is 27.4. The minimum atomic E-state index is -0.663. The van der Waals surface area contributed by atoms with Crippen LogP contribution in [0.4, 0.5) is 0 Å². The fraction of sp³-hybridized carbons (Fsp3) is 0.901. The zero-order chi connectivity index (χ0) is 62.8. The Bertz CT molecular complexity index is 1410. The zero-order valence-electron chi connectivity index (χ0n) is 59.0. The van der Waals surface area contributed by atoms with E-state index in [1.165, 1.54) is 360 Å². The van der Waals surface area contributed by atoms with Crippen LogP contribution in [-0.4, -0.2) is 47.4 Å². The van der Waals surface area contributed by atoms with Crippen LogP contribution in [0.3, 0.4) is 0 Å². The van der Waals surface area contributed by atoms with Crippen LogP contribution in [0, 0.1) is 0 Å². The smallest absolute Gasteiger partial charge is 0.305 e. The van der Waals surface area contributed by atoms with Gasteiger partial charge in [-0.15, -0.1) is 0 Å². The van der Waals surface area contributed by atoms with Crippen LogP contribution < -0.4 is 5.32 Å². The van der Waals surface area contributed by atoms with Gasteiger partial charge >= 0.3 is 5.97 Å². The molecule has 0 rings (SSSR count). The van der Waals surface area contributed by atoms with Gasteiger partial charge in [-0.3, -0.25) is 9.59 Å². The number of allylic oxidation sites excluding steroid dienone is 6. The molecule has 0 radical (unpaired) electrons. The van der Waals surface area contributed by atoms with Gasteiger partial charge in [-0.1, -0.05) is 384 Å². The molecule has 2 atom stereocenters. The average Bonchev–Trinajstić information content (AvgIpc) is 3.53. The molecule has 0 bridgehead atoms. The summed E-state index contributed by atoms with van der Waals surface area (Å²) in [5, 5.41) is 23.4. The topological polar surface area (TPSA) is 95.9 Å². The van der Waals surface area contributed by atoms with E-state index in [0.29, 0.717) is 25.9 Å². The summed E-state index contributed by atoms with van der Waals surface area (Å²) in [4.78, 5) is 24.7. The minimum Gasteiger partial charge on any atom is -0.466 e. The first-order chi connectivity index (χ1) is 43.0. The Labute approximate surface area is 544 Å². The quantitative estimate of drug-likeness (QED) is 0.0320. The largest absolute Gasteiger partial charge is 0.466 e. The normalized spacial score (nSPS) is 12.6. The summed E-state index contributed by atoms with van der Waals surface area (Å²) in [6, 6.07) is -0.540. The lowest BCUT2D eigenvalue weighted by Gasteiger charge is -2.22. The number of aliphatic hydroxyl groups is 2. The number of esters is 1. The van der Waals surface area contributed by atoms with E-state index in [9.17, 15) is 19.8 Å². The van der Waals surface area contributed by atoms with Crippen molar-refractivity contribution in [3.05, 3.63) is 36.5 Å². The number of hydrogen-bond donors (Lipinski definition) is 3. The van der Waals surface area contributed by atoms with E-state index in [1.54, 1.807) is 0 Å². The fourth-order valence-corrected chi connectivity index (χ4v) is 12.6. The number of hydrogen-bond acceptors (Lipinski definition) is 5. The van der Waals surface area contributed by atoms with Crippen molar-refractivity contribution in [1.29, 1.82) is 0 Å². The maximum atomic E-state index is 12.6. The number of nitrogens with one attached hydrogen (secondary N) is 1. The molecule has 0 aromatic heterocycles. The molecule has 0 heterocycles. The van der Waals surface area contributed by atoms with E-state index in [-0.39, 0.29) is 18.5 Å². The minimum absolute atomic E-state index is 0.0116. The van der Waals surface area contributed by atoms with E-state index < -0.39 is 12.1 Å². The number of carbonyl (C=O) groups excluding carboxylic acids is 2. The summed E-state index contributed by atoms with van der Waals surface area (Å²) < 4.78 is 5.50. The van der Waals surface area contributed by atoms with Crippen molar-refractivity contribution in [2.24, 2.45) is 0 Å². The van der Waals surface area contributed by atoms with E-state index in [1.807, 2.05) is 0 Å². The van der Waals surface area contributed by atoms with Gasteiger partial charge in [0.1, 0.15) is 0 Å². The number of ether oxygens (including phenoxy) is 1. The van der Waals surface area contributed by atoms with Crippen molar-refractivity contribution in [1.82, 2.24) is 5.32 Å². The monoisotopic (exact) mass is 1220 g/mol. The van der Waals surface area contributed by atoms with Crippen molar-refractivity contribution in [2.75, 3.05) is 13.2 Å². The third-order valence-corrected chi connectivity index (χ3v) is 18.7. The van der Waals surface area contributed by atoms with Crippen molar-refractivity contribution in [2.45, 2.75) is 456 Å². The van der Waals surface area contributed by atoms with Crippen LogP contribution in [0.15, 0.2) is 36.5 Å². The zero-order valence-corrected chi connectivity index (χ0v) is 59.0. The maximum Gasteiger partial charge on any atom is 0.305 e. The summed E-state index contributed by atoms with van der Waals surface area (Å²) in [5.41, 5.74) is 0. The molecular formula is C81H155NO5.